The summed E-state index contributed by atoms with van der Waals surface area (Å²) in [4.78, 5) is 29.6. The Kier molecular flexibility index (Phi) is 4.40. The molecule has 1 N–H and O–H groups in total. The molecule has 2 heterocycles. The van der Waals surface area contributed by atoms with Crippen LogP contribution >= 0.6 is 0 Å². The molecular formula is C20H27N3O2. The third-order valence-electron chi connectivity index (χ3n) is 5.99. The molecule has 2 amide bonds. The Hall–Kier alpha value is -2.04. The van der Waals surface area contributed by atoms with Gasteiger partial charge in [0.15, 0.2) is 0 Å². The number of nitrogens with one attached hydrogen (secondary N) is 1. The van der Waals surface area contributed by atoms with Gasteiger partial charge in [0.05, 0.1) is 11.3 Å². The molecule has 1 saturated carbocycles. The number of benzene rings is 1. The zero-order valence-corrected chi connectivity index (χ0v) is 15.0. The van der Waals surface area contributed by atoms with Crippen molar-refractivity contribution < 1.29 is 9.59 Å². The Balaban J connectivity index is 1.57. The third kappa shape index (κ3) is 3.00. The maximum absolute atomic E-state index is 12.8. The van der Waals surface area contributed by atoms with Crippen LogP contribution in [0, 0.1) is 0 Å². The van der Waals surface area contributed by atoms with Gasteiger partial charge in [-0.15, -0.1) is 0 Å². The lowest BCUT2D eigenvalue weighted by atomic mass is 9.95. The lowest BCUT2D eigenvalue weighted by Gasteiger charge is -2.46. The van der Waals surface area contributed by atoms with Crippen molar-refractivity contribution >= 4 is 17.5 Å². The molecule has 1 saturated heterocycles. The highest BCUT2D eigenvalue weighted by atomic mass is 16.2. The number of hydrogen-bond donors (Lipinski definition) is 1. The summed E-state index contributed by atoms with van der Waals surface area (Å²) in [7, 11) is 2.04. The molecule has 3 aliphatic rings. The maximum atomic E-state index is 12.8. The van der Waals surface area contributed by atoms with Crippen LogP contribution < -0.4 is 10.2 Å². The lowest BCUT2D eigenvalue weighted by Crippen LogP contribution is -2.55. The van der Waals surface area contributed by atoms with Gasteiger partial charge in [-0.2, -0.15) is 0 Å². The summed E-state index contributed by atoms with van der Waals surface area (Å²) in [5, 5.41) is 3.17. The van der Waals surface area contributed by atoms with Crippen LogP contribution in [0.15, 0.2) is 18.2 Å². The van der Waals surface area contributed by atoms with Crippen molar-refractivity contribution in [3.05, 3.63) is 29.3 Å². The van der Waals surface area contributed by atoms with Gasteiger partial charge in [-0.05, 0) is 50.3 Å². The summed E-state index contributed by atoms with van der Waals surface area (Å²) in [5.41, 5.74) is 2.27. The van der Waals surface area contributed by atoms with Gasteiger partial charge in [-0.25, -0.2) is 0 Å². The predicted molar refractivity (Wildman–Crippen MR) is 97.9 cm³/mol. The van der Waals surface area contributed by atoms with Crippen molar-refractivity contribution in [2.45, 2.75) is 63.6 Å². The van der Waals surface area contributed by atoms with Gasteiger partial charge >= 0.3 is 0 Å². The second kappa shape index (κ2) is 6.70. The number of anilines is 1. The highest BCUT2D eigenvalue weighted by Crippen LogP contribution is 2.34. The second-order valence-electron chi connectivity index (χ2n) is 7.63. The van der Waals surface area contributed by atoms with Crippen LogP contribution in [0.2, 0.25) is 0 Å². The van der Waals surface area contributed by atoms with E-state index in [9.17, 15) is 9.59 Å². The summed E-state index contributed by atoms with van der Waals surface area (Å²) in [6.07, 6.45) is 9.18. The van der Waals surface area contributed by atoms with Crippen molar-refractivity contribution in [1.82, 2.24) is 10.2 Å². The Morgan fingerprint density at radius 3 is 2.64 bits per heavy atom. The highest BCUT2D eigenvalue weighted by molar-refractivity contribution is 6.04. The standard InChI is InChI=1S/C20H27N3O2/c1-22-17-13-14(19(24)21-15-7-3-2-4-8-15)10-11-16(17)20(25)23-12-6-5-9-18(22)23/h10-11,13,15,18H,2-9,12H2,1H3,(H,21,24)/t18-/m0/s1. The quantitative estimate of drug-likeness (QED) is 0.899. The van der Waals surface area contributed by atoms with Gasteiger partial charge in [0, 0.05) is 25.2 Å². The lowest BCUT2D eigenvalue weighted by molar-refractivity contribution is 0.0589. The van der Waals surface area contributed by atoms with Crippen molar-refractivity contribution in [2.24, 2.45) is 0 Å². The SMILES string of the molecule is CN1c2cc(C(=O)NC3CCCCC3)ccc2C(=O)N2CCCC[C@H]21. The van der Waals surface area contributed by atoms with E-state index in [1.807, 2.05) is 24.1 Å². The first kappa shape index (κ1) is 16.4. The fraction of sp³-hybridized carbons (Fsp3) is 0.600. The fourth-order valence-electron chi connectivity index (χ4n) is 4.53. The Morgan fingerprint density at radius 2 is 1.84 bits per heavy atom. The van der Waals surface area contributed by atoms with Crippen LogP contribution in [-0.2, 0) is 0 Å². The molecule has 5 heteroatoms. The Morgan fingerprint density at radius 1 is 1.08 bits per heavy atom. The average Bonchev–Trinajstić information content (AvgIpc) is 2.66. The molecule has 0 radical (unpaired) electrons. The van der Waals surface area contributed by atoms with E-state index in [-0.39, 0.29) is 18.0 Å². The molecule has 2 aliphatic heterocycles. The number of nitrogens with zero attached hydrogens (tertiary/aromatic N) is 2. The smallest absolute Gasteiger partial charge is 0.257 e. The number of fused-ring (bicyclic) bond motifs is 2. The van der Waals surface area contributed by atoms with Gasteiger partial charge in [0.25, 0.3) is 11.8 Å². The van der Waals surface area contributed by atoms with Crippen molar-refractivity contribution in [3.8, 4) is 0 Å². The van der Waals surface area contributed by atoms with E-state index in [1.165, 1.54) is 19.3 Å². The first-order chi connectivity index (χ1) is 12.1. The first-order valence-electron chi connectivity index (χ1n) is 9.64. The van der Waals surface area contributed by atoms with E-state index in [2.05, 4.69) is 10.2 Å². The van der Waals surface area contributed by atoms with Gasteiger partial charge in [-0.1, -0.05) is 19.3 Å². The summed E-state index contributed by atoms with van der Waals surface area (Å²) < 4.78 is 0. The van der Waals surface area contributed by atoms with E-state index in [4.69, 9.17) is 0 Å². The largest absolute Gasteiger partial charge is 0.354 e. The molecular weight excluding hydrogens is 314 g/mol. The minimum absolute atomic E-state index is 0.0124. The van der Waals surface area contributed by atoms with E-state index in [0.29, 0.717) is 11.6 Å². The van der Waals surface area contributed by atoms with Gasteiger partial charge in [0.1, 0.15) is 6.17 Å². The van der Waals surface area contributed by atoms with Crippen LogP contribution in [0.3, 0.4) is 0 Å². The molecule has 0 spiro atoms. The zero-order valence-electron chi connectivity index (χ0n) is 15.0. The van der Waals surface area contributed by atoms with Gasteiger partial charge in [-0.3, -0.25) is 9.59 Å². The molecule has 0 bridgehead atoms. The molecule has 0 unspecified atom stereocenters. The topological polar surface area (TPSA) is 52.7 Å². The normalized spacial score (nSPS) is 23.9. The van der Waals surface area contributed by atoms with E-state index in [0.717, 1.165) is 49.9 Å². The molecule has 2 fully saturated rings. The molecule has 1 aromatic rings. The van der Waals surface area contributed by atoms with E-state index >= 15 is 0 Å². The van der Waals surface area contributed by atoms with Crippen molar-refractivity contribution in [3.63, 3.8) is 0 Å². The minimum Gasteiger partial charge on any atom is -0.354 e. The Bertz CT molecular complexity index is 682. The number of carbonyl (C=O) groups is 2. The molecule has 1 atom stereocenters. The van der Waals surface area contributed by atoms with Crippen LogP contribution in [0.1, 0.15) is 72.1 Å². The molecule has 5 nitrogen and oxygen atoms in total. The number of hydrogen-bond acceptors (Lipinski definition) is 3. The highest BCUT2D eigenvalue weighted by Gasteiger charge is 2.37. The van der Waals surface area contributed by atoms with Gasteiger partial charge in [0.2, 0.25) is 0 Å². The molecule has 25 heavy (non-hydrogen) atoms. The summed E-state index contributed by atoms with van der Waals surface area (Å²) in [5.74, 6) is 0.0960. The number of piperidine rings is 1. The zero-order chi connectivity index (χ0) is 17.4. The Labute approximate surface area is 149 Å². The van der Waals surface area contributed by atoms with Crippen LogP contribution in [0.5, 0.6) is 0 Å². The number of amides is 2. The van der Waals surface area contributed by atoms with Crippen LogP contribution in [0.25, 0.3) is 0 Å². The van der Waals surface area contributed by atoms with Crippen molar-refractivity contribution in [2.75, 3.05) is 18.5 Å². The first-order valence-corrected chi connectivity index (χ1v) is 9.64. The summed E-state index contributed by atoms with van der Waals surface area (Å²) in [6.45, 7) is 0.831. The molecule has 0 aromatic heterocycles. The maximum Gasteiger partial charge on any atom is 0.257 e. The fourth-order valence-corrected chi connectivity index (χ4v) is 4.53. The summed E-state index contributed by atoms with van der Waals surface area (Å²) in [6, 6.07) is 5.82. The van der Waals surface area contributed by atoms with E-state index < -0.39 is 0 Å². The average molecular weight is 341 g/mol. The molecule has 1 aliphatic carbocycles. The minimum atomic E-state index is -0.0124. The number of carbonyl (C=O) groups excluding carboxylic acids is 2. The monoisotopic (exact) mass is 341 g/mol. The molecule has 4 rings (SSSR count). The second-order valence-corrected chi connectivity index (χ2v) is 7.63. The summed E-state index contributed by atoms with van der Waals surface area (Å²) >= 11 is 0. The van der Waals surface area contributed by atoms with Crippen molar-refractivity contribution in [1.29, 1.82) is 0 Å². The molecule has 1 aromatic carbocycles. The number of rotatable bonds is 2. The van der Waals surface area contributed by atoms with Gasteiger partial charge < -0.3 is 15.1 Å². The van der Waals surface area contributed by atoms with E-state index in [1.54, 1.807) is 6.07 Å². The van der Waals surface area contributed by atoms with Crippen LogP contribution in [-0.4, -0.2) is 42.5 Å². The predicted octanol–water partition coefficient (Wildman–Crippen LogP) is 3.15. The van der Waals surface area contributed by atoms with Crippen LogP contribution in [0.4, 0.5) is 5.69 Å². The third-order valence-corrected chi connectivity index (χ3v) is 5.99. The molecule has 134 valence electrons.